The summed E-state index contributed by atoms with van der Waals surface area (Å²) in [6, 6.07) is 190. The lowest BCUT2D eigenvalue weighted by molar-refractivity contribution is 0.768. The fourth-order valence-corrected chi connectivity index (χ4v) is 21.3. The van der Waals surface area contributed by atoms with Gasteiger partial charge in [-0.25, -0.2) is 0 Å². The van der Waals surface area contributed by atoms with Crippen molar-refractivity contribution in [2.75, 3.05) is 9.80 Å². The second kappa shape index (κ2) is 31.4. The lowest BCUT2D eigenvalue weighted by Gasteiger charge is -2.35. The molecule has 598 valence electrons. The van der Waals surface area contributed by atoms with Gasteiger partial charge in [-0.3, -0.25) is 0 Å². The van der Waals surface area contributed by atoms with Gasteiger partial charge in [0.1, 0.15) is 0 Å². The second-order valence-corrected chi connectivity index (χ2v) is 34.0. The van der Waals surface area contributed by atoms with Gasteiger partial charge in [0, 0.05) is 33.9 Å². The SMILES string of the molecule is c1ccc(-c2ccc(N(c3ccc(-c4ccccc4)cc3)c3cc4c(cc3-c3ccc5c(ccc6c(-c7ccc(-c8ccc(N(c9ccc(-c%10ccccc%10)cc9)c9cc%10c(cc9-c9ccc%11ccc%12ccccc%12c%11c9)-c9ccccc9C%10(c9ccccc9)c9ccccc9)cc8)cc7)cccc65)c3)-c3ccccc3C4(c3ccccc3)c3ccccc3)cc2)cc1. The number of benzene rings is 22. The molecule has 0 fully saturated rings. The van der Waals surface area contributed by atoms with Crippen LogP contribution in [0.1, 0.15) is 44.5 Å². The Bertz CT molecular complexity index is 7790. The van der Waals surface area contributed by atoms with E-state index in [1.54, 1.807) is 0 Å². The molecule has 0 aromatic heterocycles. The zero-order valence-corrected chi connectivity index (χ0v) is 70.4. The molecule has 2 nitrogen and oxygen atoms in total. The van der Waals surface area contributed by atoms with Crippen LogP contribution in [0.3, 0.4) is 0 Å². The Morgan fingerprint density at radius 3 is 0.852 bits per heavy atom. The first-order valence-electron chi connectivity index (χ1n) is 44.4. The molecule has 24 rings (SSSR count). The zero-order valence-electron chi connectivity index (χ0n) is 70.4. The van der Waals surface area contributed by atoms with Crippen LogP contribution in [0.15, 0.2) is 510 Å². The average Bonchev–Trinajstić information content (AvgIpc) is 1.53. The standard InChI is InChI=1S/C126H84N2/c1-8-29-85(30-9-1)89-59-69-103(70-60-89)127(104-71-61-90(62-72-104)86-31-10-2-11-32-86)123-83-121-117(112-45-24-26-49-119(112)125(121,99-36-14-4-15-37-99)100-38-16-5-17-39-100)81-115(123)97-67-77-109-96(79-97)68-78-111-107(47-28-48-110(109)111)94-53-51-88(52-54-94)92-65-75-106(76-66-92)128(105-73-63-91(64-74-105)87-33-12-3-13-34-87)124-84-122-118(82-116(124)98-58-57-95-56-55-93-35-22-23-44-108(93)114(95)80-98)113-46-25-27-50-120(113)126(122,101-40-18-6-19-41-101)102-42-20-7-21-43-102/h1-84H. The second-order valence-electron chi connectivity index (χ2n) is 34.0. The fourth-order valence-electron chi connectivity index (χ4n) is 21.3. The normalized spacial score (nSPS) is 12.7. The summed E-state index contributed by atoms with van der Waals surface area (Å²) in [6.45, 7) is 0. The topological polar surface area (TPSA) is 6.48 Å². The van der Waals surface area contributed by atoms with Gasteiger partial charge >= 0.3 is 0 Å². The van der Waals surface area contributed by atoms with E-state index >= 15 is 0 Å². The lowest BCUT2D eigenvalue weighted by Crippen LogP contribution is -2.28. The van der Waals surface area contributed by atoms with E-state index in [4.69, 9.17) is 0 Å². The smallest absolute Gasteiger partial charge is 0.0714 e. The van der Waals surface area contributed by atoms with Crippen LogP contribution in [0, 0.1) is 0 Å². The lowest BCUT2D eigenvalue weighted by atomic mass is 9.67. The van der Waals surface area contributed by atoms with Crippen molar-refractivity contribution in [3.63, 3.8) is 0 Å². The molecule has 0 unspecified atom stereocenters. The average molecular weight is 1630 g/mol. The van der Waals surface area contributed by atoms with Crippen molar-refractivity contribution < 1.29 is 0 Å². The summed E-state index contributed by atoms with van der Waals surface area (Å²) in [6.07, 6.45) is 0. The van der Waals surface area contributed by atoms with Crippen LogP contribution in [0.25, 0.3) is 143 Å². The van der Waals surface area contributed by atoms with Crippen molar-refractivity contribution >= 4 is 77.2 Å². The molecule has 22 aromatic carbocycles. The monoisotopic (exact) mass is 1620 g/mol. The molecule has 2 aliphatic rings. The minimum absolute atomic E-state index is 0.641. The van der Waals surface area contributed by atoms with Gasteiger partial charge in [-0.2, -0.15) is 0 Å². The summed E-state index contributed by atoms with van der Waals surface area (Å²) in [5.74, 6) is 0. The molecule has 0 radical (unpaired) electrons. The maximum Gasteiger partial charge on any atom is 0.0714 e. The summed E-state index contributed by atoms with van der Waals surface area (Å²) in [7, 11) is 0. The molecule has 22 aromatic rings. The van der Waals surface area contributed by atoms with Crippen LogP contribution in [0.2, 0.25) is 0 Å². The Morgan fingerprint density at radius 1 is 0.133 bits per heavy atom. The molecule has 0 saturated heterocycles. The molecule has 128 heavy (non-hydrogen) atoms. The van der Waals surface area contributed by atoms with Crippen molar-refractivity contribution in [2.24, 2.45) is 0 Å². The maximum absolute atomic E-state index is 2.55. The molecule has 0 saturated carbocycles. The first-order chi connectivity index (χ1) is 63.5. The number of rotatable bonds is 17. The number of hydrogen-bond donors (Lipinski definition) is 0. The Balaban J connectivity index is 0.628. The van der Waals surface area contributed by atoms with E-state index < -0.39 is 10.8 Å². The van der Waals surface area contributed by atoms with E-state index in [1.165, 1.54) is 132 Å². The highest BCUT2D eigenvalue weighted by atomic mass is 15.2. The quantitative estimate of drug-likeness (QED) is 0.0839. The minimum atomic E-state index is -0.642. The Kier molecular flexibility index (Phi) is 18.4. The summed E-state index contributed by atoms with van der Waals surface area (Å²) in [4.78, 5) is 5.01. The van der Waals surface area contributed by atoms with Crippen LogP contribution >= 0.6 is 0 Å². The van der Waals surface area contributed by atoms with E-state index in [1.807, 2.05) is 0 Å². The van der Waals surface area contributed by atoms with Crippen LogP contribution in [-0.4, -0.2) is 0 Å². The van der Waals surface area contributed by atoms with Crippen LogP contribution in [-0.2, 0) is 10.8 Å². The molecule has 0 bridgehead atoms. The van der Waals surface area contributed by atoms with Crippen LogP contribution < -0.4 is 9.80 Å². The molecule has 0 N–H and O–H groups in total. The Morgan fingerprint density at radius 2 is 0.422 bits per heavy atom. The zero-order chi connectivity index (χ0) is 84.6. The molecule has 0 spiro atoms. The highest BCUT2D eigenvalue weighted by molar-refractivity contribution is 6.14. The first kappa shape index (κ1) is 75.2. The minimum Gasteiger partial charge on any atom is -0.310 e. The van der Waals surface area contributed by atoms with Crippen molar-refractivity contribution in [1.82, 2.24) is 0 Å². The van der Waals surface area contributed by atoms with Crippen molar-refractivity contribution in [1.29, 1.82) is 0 Å². The fraction of sp³-hybridized carbons (Fsp3) is 0.0159. The third-order valence-corrected chi connectivity index (χ3v) is 27.2. The van der Waals surface area contributed by atoms with E-state index in [0.29, 0.717) is 0 Å². The molecular weight excluding hydrogens is 1540 g/mol. The predicted molar refractivity (Wildman–Crippen MR) is 538 cm³/mol. The van der Waals surface area contributed by atoms with Crippen molar-refractivity contribution in [2.45, 2.75) is 10.8 Å². The summed E-state index contributed by atoms with van der Waals surface area (Å²) < 4.78 is 0. The number of fused-ring (bicyclic) bond motifs is 12. The number of anilines is 6. The molecule has 0 amide bonds. The molecule has 0 atom stereocenters. The van der Waals surface area contributed by atoms with Crippen LogP contribution in [0.5, 0.6) is 0 Å². The number of nitrogens with zero attached hydrogens (tertiary/aromatic N) is 2. The van der Waals surface area contributed by atoms with Crippen molar-refractivity contribution in [3.8, 4) is 100 Å². The van der Waals surface area contributed by atoms with Gasteiger partial charge in [-0.1, -0.05) is 425 Å². The van der Waals surface area contributed by atoms with Crippen LogP contribution in [0.4, 0.5) is 34.1 Å². The van der Waals surface area contributed by atoms with Gasteiger partial charge < -0.3 is 9.80 Å². The van der Waals surface area contributed by atoms with Gasteiger partial charge in [0.25, 0.3) is 0 Å². The molecule has 2 aliphatic carbocycles. The predicted octanol–water partition coefficient (Wildman–Crippen LogP) is 33.6. The van der Waals surface area contributed by atoms with Gasteiger partial charge in [0.2, 0.25) is 0 Å². The maximum atomic E-state index is 2.55. The molecular formula is C126H84N2. The van der Waals surface area contributed by atoms with Gasteiger partial charge in [-0.15, -0.1) is 0 Å². The Labute approximate surface area is 746 Å². The van der Waals surface area contributed by atoms with Gasteiger partial charge in [0.05, 0.1) is 22.2 Å². The third kappa shape index (κ3) is 12.5. The van der Waals surface area contributed by atoms with E-state index in [2.05, 4.69) is 519 Å². The Hall–Kier alpha value is -16.5. The first-order valence-corrected chi connectivity index (χ1v) is 44.4. The van der Waals surface area contributed by atoms with Gasteiger partial charge in [-0.05, 0) is 262 Å². The van der Waals surface area contributed by atoms with E-state index in [9.17, 15) is 0 Å². The highest BCUT2D eigenvalue weighted by Gasteiger charge is 2.49. The molecule has 2 heteroatoms. The summed E-state index contributed by atoms with van der Waals surface area (Å²) in [5.41, 5.74) is 36.1. The molecule has 0 heterocycles. The largest absolute Gasteiger partial charge is 0.310 e. The third-order valence-electron chi connectivity index (χ3n) is 27.2. The highest BCUT2D eigenvalue weighted by Crippen LogP contribution is 2.62. The number of hydrogen-bond acceptors (Lipinski definition) is 2. The van der Waals surface area contributed by atoms with Gasteiger partial charge in [0.15, 0.2) is 0 Å². The van der Waals surface area contributed by atoms with E-state index in [0.717, 1.165) is 89.8 Å². The van der Waals surface area contributed by atoms with E-state index in [-0.39, 0.29) is 0 Å². The summed E-state index contributed by atoms with van der Waals surface area (Å²) >= 11 is 0. The van der Waals surface area contributed by atoms with Crippen molar-refractivity contribution in [3.05, 3.63) is 554 Å². The molecule has 0 aliphatic heterocycles. The summed E-state index contributed by atoms with van der Waals surface area (Å²) in [5, 5.41) is 9.67.